The van der Waals surface area contributed by atoms with E-state index in [1.807, 2.05) is 0 Å². The molecule has 0 fully saturated rings. The van der Waals surface area contributed by atoms with Gasteiger partial charge in [0.15, 0.2) is 0 Å². The maximum atomic E-state index is 9.55. The summed E-state index contributed by atoms with van der Waals surface area (Å²) in [6.45, 7) is 0. The Morgan fingerprint density at radius 3 is 1.33 bits per heavy atom. The molecule has 0 radical (unpaired) electrons. The minimum absolute atomic E-state index is 0. The molecule has 0 aromatic rings. The van der Waals surface area contributed by atoms with E-state index in [1.54, 1.807) is 0 Å². The van der Waals surface area contributed by atoms with Crippen LogP contribution in [0.1, 0.15) is 0 Å². The molecule has 5 nitrogen and oxygen atoms in total. The maximum Gasteiger partial charge on any atom is 0.328 e. The van der Waals surface area contributed by atoms with Crippen molar-refractivity contribution in [3.63, 3.8) is 0 Å². The highest BCUT2D eigenvalue weighted by Crippen LogP contribution is 1.70. The van der Waals surface area contributed by atoms with Crippen LogP contribution in [0.4, 0.5) is 0 Å². The molecule has 5 N–H and O–H groups in total. The van der Waals surface area contributed by atoms with Crippen LogP contribution in [0, 0.1) is 0 Å². The van der Waals surface area contributed by atoms with Crippen LogP contribution >= 0.6 is 0 Å². The maximum absolute atomic E-state index is 9.55. The topological polar surface area (TPSA) is 110 Å². The third-order valence-electron chi connectivity index (χ3n) is 0.368. The normalized spacial score (nSPS) is 8.44. The first kappa shape index (κ1) is 10.6. The van der Waals surface area contributed by atoms with Gasteiger partial charge in [0.25, 0.3) is 0 Å². The lowest BCUT2D eigenvalue weighted by Gasteiger charge is -1.74. The summed E-state index contributed by atoms with van der Waals surface area (Å²) in [5.41, 5.74) is 0. The molecular formula is C4H7NO4. The molecule has 0 unspecified atom stereocenters. The molecule has 0 saturated carbocycles. The van der Waals surface area contributed by atoms with Gasteiger partial charge < -0.3 is 16.4 Å². The summed E-state index contributed by atoms with van der Waals surface area (Å²) in [6, 6.07) is 0. The largest absolute Gasteiger partial charge is 0.478 e. The molecule has 0 spiro atoms. The molecule has 0 aliphatic carbocycles. The molecule has 52 valence electrons. The van der Waals surface area contributed by atoms with Gasteiger partial charge in [-0.3, -0.25) is 0 Å². The number of carboxylic acid groups (broad SMARTS) is 2. The first-order valence-corrected chi connectivity index (χ1v) is 1.77. The van der Waals surface area contributed by atoms with Crippen molar-refractivity contribution in [3.8, 4) is 0 Å². The second-order valence-electron chi connectivity index (χ2n) is 1.01. The second kappa shape index (κ2) is 4.79. The van der Waals surface area contributed by atoms with Crippen molar-refractivity contribution in [1.29, 1.82) is 0 Å². The summed E-state index contributed by atoms with van der Waals surface area (Å²) in [4.78, 5) is 19.1. The van der Waals surface area contributed by atoms with E-state index in [0.29, 0.717) is 12.2 Å². The van der Waals surface area contributed by atoms with Crippen molar-refractivity contribution in [3.05, 3.63) is 12.2 Å². The number of hydrogen-bond donors (Lipinski definition) is 3. The molecule has 0 heterocycles. The Kier molecular flexibility index (Phi) is 5.64. The number of carbonyl (C=O) groups is 2. The van der Waals surface area contributed by atoms with Crippen molar-refractivity contribution >= 4 is 11.9 Å². The Balaban J connectivity index is 0. The molecule has 0 aliphatic heterocycles. The zero-order valence-electron chi connectivity index (χ0n) is 4.57. The minimum atomic E-state index is -1.26. The van der Waals surface area contributed by atoms with Crippen molar-refractivity contribution in [2.45, 2.75) is 0 Å². The number of carboxylic acids is 2. The SMILES string of the molecule is N.O=C(O)/C=C/C(=O)O. The molecule has 0 bridgehead atoms. The summed E-state index contributed by atoms with van der Waals surface area (Å²) < 4.78 is 0. The van der Waals surface area contributed by atoms with Crippen molar-refractivity contribution in [2.24, 2.45) is 0 Å². The third kappa shape index (κ3) is 10.8. The monoisotopic (exact) mass is 133 g/mol. The van der Waals surface area contributed by atoms with E-state index in [2.05, 4.69) is 0 Å². The Hall–Kier alpha value is -1.36. The molecule has 0 aromatic carbocycles. The average molecular weight is 133 g/mol. The van der Waals surface area contributed by atoms with Gasteiger partial charge in [0.2, 0.25) is 0 Å². The van der Waals surface area contributed by atoms with E-state index in [9.17, 15) is 9.59 Å². The number of rotatable bonds is 2. The van der Waals surface area contributed by atoms with Crippen molar-refractivity contribution in [1.82, 2.24) is 6.15 Å². The van der Waals surface area contributed by atoms with Crippen molar-refractivity contribution < 1.29 is 19.8 Å². The second-order valence-corrected chi connectivity index (χ2v) is 1.01. The van der Waals surface area contributed by atoms with Gasteiger partial charge >= 0.3 is 11.9 Å². The molecular weight excluding hydrogens is 126 g/mol. The van der Waals surface area contributed by atoms with Crippen LogP contribution in [-0.4, -0.2) is 22.2 Å². The van der Waals surface area contributed by atoms with E-state index < -0.39 is 11.9 Å². The lowest BCUT2D eigenvalue weighted by Crippen LogP contribution is -1.91. The van der Waals surface area contributed by atoms with Gasteiger partial charge in [-0.25, -0.2) is 9.59 Å². The summed E-state index contributed by atoms with van der Waals surface area (Å²) in [5.74, 6) is -2.51. The van der Waals surface area contributed by atoms with Crippen LogP contribution in [-0.2, 0) is 9.59 Å². The molecule has 0 saturated heterocycles. The summed E-state index contributed by atoms with van der Waals surface area (Å²) in [5, 5.41) is 15.6. The van der Waals surface area contributed by atoms with Crippen LogP contribution in [0.25, 0.3) is 0 Å². The first-order valence-electron chi connectivity index (χ1n) is 1.77. The zero-order chi connectivity index (χ0) is 6.57. The average Bonchev–Trinajstić information content (AvgIpc) is 1.61. The summed E-state index contributed by atoms with van der Waals surface area (Å²) >= 11 is 0. The van der Waals surface area contributed by atoms with Crippen LogP contribution in [0.5, 0.6) is 0 Å². The lowest BCUT2D eigenvalue weighted by atomic mass is 10.5. The van der Waals surface area contributed by atoms with Gasteiger partial charge in [-0.1, -0.05) is 0 Å². The quantitative estimate of drug-likeness (QED) is 0.454. The van der Waals surface area contributed by atoms with Crippen LogP contribution < -0.4 is 6.15 Å². The molecule has 0 amide bonds. The molecule has 0 rings (SSSR count). The Morgan fingerprint density at radius 2 is 1.22 bits per heavy atom. The fourth-order valence-electron chi connectivity index (χ4n) is 0.143. The zero-order valence-corrected chi connectivity index (χ0v) is 4.57. The van der Waals surface area contributed by atoms with Gasteiger partial charge in [-0.15, -0.1) is 0 Å². The number of hydrogen-bond acceptors (Lipinski definition) is 3. The molecule has 0 aliphatic rings. The number of aliphatic carboxylic acids is 2. The molecule has 5 heteroatoms. The predicted molar refractivity (Wildman–Crippen MR) is 29.4 cm³/mol. The summed E-state index contributed by atoms with van der Waals surface area (Å²) in [7, 11) is 0. The predicted octanol–water partition coefficient (Wildman–Crippen LogP) is -0.126. The van der Waals surface area contributed by atoms with Gasteiger partial charge in [0.1, 0.15) is 0 Å². The van der Waals surface area contributed by atoms with E-state index in [0.717, 1.165) is 0 Å². The summed E-state index contributed by atoms with van der Waals surface area (Å²) in [6.07, 6.45) is 1.12. The standard InChI is InChI=1S/C4H4O4.H3N/c5-3(6)1-2-4(7)8;/h1-2H,(H,5,6)(H,7,8);1H3/b2-1+;. The van der Waals surface area contributed by atoms with E-state index in [-0.39, 0.29) is 6.15 Å². The van der Waals surface area contributed by atoms with Crippen molar-refractivity contribution in [2.75, 3.05) is 0 Å². The Morgan fingerprint density at radius 1 is 1.00 bits per heavy atom. The highest BCUT2D eigenvalue weighted by atomic mass is 16.4. The van der Waals surface area contributed by atoms with E-state index in [4.69, 9.17) is 10.2 Å². The Labute approximate surface area is 51.2 Å². The van der Waals surface area contributed by atoms with E-state index in [1.165, 1.54) is 0 Å². The van der Waals surface area contributed by atoms with Crippen LogP contribution in [0.2, 0.25) is 0 Å². The third-order valence-corrected chi connectivity index (χ3v) is 0.368. The lowest BCUT2D eigenvalue weighted by molar-refractivity contribution is -0.134. The van der Waals surface area contributed by atoms with Crippen LogP contribution in [0.3, 0.4) is 0 Å². The fraction of sp³-hybridized carbons (Fsp3) is 0. The highest BCUT2D eigenvalue weighted by Gasteiger charge is 1.88. The van der Waals surface area contributed by atoms with E-state index >= 15 is 0 Å². The first-order chi connectivity index (χ1) is 3.63. The van der Waals surface area contributed by atoms with Crippen LogP contribution in [0.15, 0.2) is 12.2 Å². The van der Waals surface area contributed by atoms with Gasteiger partial charge in [0.05, 0.1) is 0 Å². The molecule has 9 heavy (non-hydrogen) atoms. The smallest absolute Gasteiger partial charge is 0.328 e. The molecule has 0 aromatic heterocycles. The minimum Gasteiger partial charge on any atom is -0.478 e. The highest BCUT2D eigenvalue weighted by molar-refractivity contribution is 5.89. The molecule has 0 atom stereocenters. The van der Waals surface area contributed by atoms with Gasteiger partial charge in [-0.2, -0.15) is 0 Å². The fourth-order valence-corrected chi connectivity index (χ4v) is 0.143. The van der Waals surface area contributed by atoms with Gasteiger partial charge in [-0.05, 0) is 0 Å². The Bertz CT molecular complexity index is 124. The van der Waals surface area contributed by atoms with Gasteiger partial charge in [0, 0.05) is 12.2 Å².